The lowest BCUT2D eigenvalue weighted by atomic mass is 10.0. The molecule has 2 rings (SSSR count). The zero-order valence-corrected chi connectivity index (χ0v) is 14.2. The van der Waals surface area contributed by atoms with E-state index in [1.165, 1.54) is 15.3 Å². The smallest absolute Gasteiger partial charge is 0.0548 e. The van der Waals surface area contributed by atoms with Crippen molar-refractivity contribution in [3.63, 3.8) is 0 Å². The second kappa shape index (κ2) is 6.89. The number of hydrogen-bond acceptors (Lipinski definition) is 2. The van der Waals surface area contributed by atoms with Gasteiger partial charge in [-0.1, -0.05) is 24.6 Å². The number of benzene rings is 1. The van der Waals surface area contributed by atoms with Crippen LogP contribution in [-0.2, 0) is 12.8 Å². The maximum atomic E-state index is 6.05. The molecule has 0 amide bonds. The molecular weight excluding hydrogens is 342 g/mol. The van der Waals surface area contributed by atoms with Gasteiger partial charge in [-0.05, 0) is 59.2 Å². The summed E-state index contributed by atoms with van der Waals surface area (Å²) in [6.45, 7) is 2.20. The number of aryl methyl sites for hydroxylation is 1. The van der Waals surface area contributed by atoms with Gasteiger partial charge in [0.25, 0.3) is 0 Å². The molecule has 0 saturated heterocycles. The van der Waals surface area contributed by atoms with Crippen LogP contribution in [0.5, 0.6) is 0 Å². The fraction of sp³-hybridized carbons (Fsp3) is 0.333. The molecule has 0 aliphatic heterocycles. The van der Waals surface area contributed by atoms with Gasteiger partial charge in [-0.15, -0.1) is 11.3 Å². The average Bonchev–Trinajstić information content (AvgIpc) is 2.87. The van der Waals surface area contributed by atoms with Crippen LogP contribution < -0.4 is 5.32 Å². The van der Waals surface area contributed by atoms with Crippen molar-refractivity contribution < 1.29 is 0 Å². The van der Waals surface area contributed by atoms with Crippen LogP contribution >= 0.6 is 38.9 Å². The van der Waals surface area contributed by atoms with Gasteiger partial charge in [0.1, 0.15) is 0 Å². The van der Waals surface area contributed by atoms with Crippen LogP contribution in [0.1, 0.15) is 28.3 Å². The molecule has 0 bridgehead atoms. The van der Waals surface area contributed by atoms with Crippen molar-refractivity contribution in [2.24, 2.45) is 0 Å². The zero-order chi connectivity index (χ0) is 13.8. The second-order valence-corrected chi connectivity index (χ2v) is 6.95. The number of hydrogen-bond donors (Lipinski definition) is 1. The molecule has 4 heteroatoms. The van der Waals surface area contributed by atoms with Crippen LogP contribution in [0.2, 0.25) is 5.02 Å². The third kappa shape index (κ3) is 3.82. The first-order valence-corrected chi connectivity index (χ1v) is 8.32. The van der Waals surface area contributed by atoms with E-state index in [2.05, 4.69) is 52.4 Å². The van der Waals surface area contributed by atoms with Gasteiger partial charge in [-0.3, -0.25) is 0 Å². The van der Waals surface area contributed by atoms with E-state index >= 15 is 0 Å². The Bertz CT molecular complexity index is 553. The van der Waals surface area contributed by atoms with Gasteiger partial charge in [0.2, 0.25) is 0 Å². The second-order valence-electron chi connectivity index (χ2n) is 4.44. The summed E-state index contributed by atoms with van der Waals surface area (Å²) in [5, 5.41) is 4.14. The maximum Gasteiger partial charge on any atom is 0.0548 e. The standard InChI is InChI=1S/C15H17BrClNS/c1-3-11-5-6-12(19-11)9-15(18-2)10-4-7-14(17)13(16)8-10/h4-8,15,18H,3,9H2,1-2H3. The van der Waals surface area contributed by atoms with Gasteiger partial charge >= 0.3 is 0 Å². The van der Waals surface area contributed by atoms with E-state index in [0.29, 0.717) is 6.04 Å². The first-order chi connectivity index (χ1) is 9.13. The number of nitrogens with one attached hydrogen (secondary N) is 1. The lowest BCUT2D eigenvalue weighted by Gasteiger charge is -2.16. The van der Waals surface area contributed by atoms with Crippen LogP contribution in [-0.4, -0.2) is 7.05 Å². The van der Waals surface area contributed by atoms with E-state index in [0.717, 1.165) is 22.3 Å². The minimum Gasteiger partial charge on any atom is -0.313 e. The van der Waals surface area contributed by atoms with Gasteiger partial charge in [0, 0.05) is 26.7 Å². The lowest BCUT2D eigenvalue weighted by Crippen LogP contribution is -2.18. The Hall–Kier alpha value is -0.350. The minimum absolute atomic E-state index is 0.317. The van der Waals surface area contributed by atoms with Crippen molar-refractivity contribution in [1.82, 2.24) is 5.32 Å². The van der Waals surface area contributed by atoms with Crippen molar-refractivity contribution in [1.29, 1.82) is 0 Å². The molecule has 2 aromatic rings. The van der Waals surface area contributed by atoms with Gasteiger partial charge in [-0.25, -0.2) is 0 Å². The molecule has 1 aromatic carbocycles. The van der Waals surface area contributed by atoms with Crippen LogP contribution in [0.15, 0.2) is 34.8 Å². The quantitative estimate of drug-likeness (QED) is 0.771. The molecule has 1 heterocycles. The third-order valence-corrected chi connectivity index (χ3v) is 5.63. The monoisotopic (exact) mass is 357 g/mol. The normalized spacial score (nSPS) is 12.6. The van der Waals surface area contributed by atoms with Crippen molar-refractivity contribution in [2.75, 3.05) is 7.05 Å². The largest absolute Gasteiger partial charge is 0.313 e. The molecule has 0 spiro atoms. The Labute approximate surface area is 132 Å². The Morgan fingerprint density at radius 2 is 2.00 bits per heavy atom. The van der Waals surface area contributed by atoms with E-state index in [9.17, 15) is 0 Å². The molecule has 0 radical (unpaired) electrons. The summed E-state index contributed by atoms with van der Waals surface area (Å²) in [4.78, 5) is 2.87. The van der Waals surface area contributed by atoms with E-state index < -0.39 is 0 Å². The Morgan fingerprint density at radius 3 is 2.58 bits per heavy atom. The molecule has 0 aliphatic rings. The van der Waals surface area contributed by atoms with Gasteiger partial charge < -0.3 is 5.32 Å². The molecule has 102 valence electrons. The van der Waals surface area contributed by atoms with Crippen LogP contribution in [0.4, 0.5) is 0 Å². The summed E-state index contributed by atoms with van der Waals surface area (Å²) in [7, 11) is 2.00. The van der Waals surface area contributed by atoms with Crippen LogP contribution in [0.3, 0.4) is 0 Å². The summed E-state index contributed by atoms with van der Waals surface area (Å²) in [5.41, 5.74) is 1.25. The summed E-state index contributed by atoms with van der Waals surface area (Å²) in [6.07, 6.45) is 2.12. The van der Waals surface area contributed by atoms with E-state index in [4.69, 9.17) is 11.6 Å². The van der Waals surface area contributed by atoms with Gasteiger partial charge in [-0.2, -0.15) is 0 Å². The fourth-order valence-electron chi connectivity index (χ4n) is 2.04. The molecule has 0 fully saturated rings. The van der Waals surface area contributed by atoms with Crippen molar-refractivity contribution >= 4 is 38.9 Å². The van der Waals surface area contributed by atoms with Crippen LogP contribution in [0, 0.1) is 0 Å². The number of halogens is 2. The van der Waals surface area contributed by atoms with Gasteiger partial charge in [0.15, 0.2) is 0 Å². The molecule has 0 aliphatic carbocycles. The molecule has 1 atom stereocenters. The van der Waals surface area contributed by atoms with Crippen LogP contribution in [0.25, 0.3) is 0 Å². The highest BCUT2D eigenvalue weighted by atomic mass is 79.9. The summed E-state index contributed by atoms with van der Waals surface area (Å²) < 4.78 is 0.951. The lowest BCUT2D eigenvalue weighted by molar-refractivity contribution is 0.596. The summed E-state index contributed by atoms with van der Waals surface area (Å²) in [5.74, 6) is 0. The molecule has 1 N–H and O–H groups in total. The number of rotatable bonds is 5. The molecule has 1 unspecified atom stereocenters. The molecule has 1 aromatic heterocycles. The highest BCUT2D eigenvalue weighted by Gasteiger charge is 2.12. The van der Waals surface area contributed by atoms with Crippen molar-refractivity contribution in [3.05, 3.63) is 55.1 Å². The molecule has 1 nitrogen and oxygen atoms in total. The zero-order valence-electron chi connectivity index (χ0n) is 11.0. The summed E-state index contributed by atoms with van der Waals surface area (Å²) in [6, 6.07) is 10.9. The number of thiophene rings is 1. The molecule has 0 saturated carbocycles. The van der Waals surface area contributed by atoms with Crippen molar-refractivity contribution in [3.8, 4) is 0 Å². The molecular formula is C15H17BrClNS. The highest BCUT2D eigenvalue weighted by Crippen LogP contribution is 2.29. The predicted molar refractivity (Wildman–Crippen MR) is 88.4 cm³/mol. The Kier molecular flexibility index (Phi) is 5.46. The SMILES string of the molecule is CCc1ccc(CC(NC)c2ccc(Cl)c(Br)c2)s1. The average molecular weight is 359 g/mol. The Balaban J connectivity index is 2.17. The maximum absolute atomic E-state index is 6.05. The molecule has 19 heavy (non-hydrogen) atoms. The van der Waals surface area contributed by atoms with E-state index in [1.54, 1.807) is 0 Å². The van der Waals surface area contributed by atoms with E-state index in [1.807, 2.05) is 24.5 Å². The predicted octanol–water partition coefficient (Wildman–Crippen LogP) is 5.23. The summed E-state index contributed by atoms with van der Waals surface area (Å²) >= 11 is 11.4. The highest BCUT2D eigenvalue weighted by molar-refractivity contribution is 9.10. The third-order valence-electron chi connectivity index (χ3n) is 3.17. The Morgan fingerprint density at radius 1 is 1.26 bits per heavy atom. The first-order valence-electron chi connectivity index (χ1n) is 6.33. The van der Waals surface area contributed by atoms with E-state index in [-0.39, 0.29) is 0 Å². The topological polar surface area (TPSA) is 12.0 Å². The number of likely N-dealkylation sites (N-methyl/N-ethyl adjacent to an activating group) is 1. The first kappa shape index (κ1) is 15.0. The minimum atomic E-state index is 0.317. The fourth-order valence-corrected chi connectivity index (χ4v) is 3.56. The van der Waals surface area contributed by atoms with Gasteiger partial charge in [0.05, 0.1) is 5.02 Å². The van der Waals surface area contributed by atoms with Crippen molar-refractivity contribution in [2.45, 2.75) is 25.8 Å².